The second kappa shape index (κ2) is 14.4. The largest absolute Gasteiger partial charge is 0.481 e. The zero-order chi connectivity index (χ0) is 35.9. The van der Waals surface area contributed by atoms with Crippen molar-refractivity contribution >= 4 is 23.4 Å². The van der Waals surface area contributed by atoms with E-state index in [-0.39, 0.29) is 36.0 Å². The number of carbonyl (C=O) groups excluding carboxylic acids is 2. The van der Waals surface area contributed by atoms with E-state index >= 15 is 4.39 Å². The van der Waals surface area contributed by atoms with Crippen LogP contribution in [0.4, 0.5) is 4.39 Å². The lowest BCUT2D eigenvalue weighted by molar-refractivity contribution is -0.120. The predicted octanol–water partition coefficient (Wildman–Crippen LogP) is 6.00. The van der Waals surface area contributed by atoms with E-state index in [9.17, 15) is 9.59 Å². The van der Waals surface area contributed by atoms with Crippen LogP contribution in [-0.4, -0.2) is 61.2 Å². The molecule has 8 rings (SSSR count). The molecule has 0 bridgehead atoms. The lowest BCUT2D eigenvalue weighted by Crippen LogP contribution is -2.37. The van der Waals surface area contributed by atoms with Crippen molar-refractivity contribution in [1.29, 1.82) is 0 Å². The van der Waals surface area contributed by atoms with Crippen molar-refractivity contribution in [2.75, 3.05) is 27.3 Å². The predicted molar refractivity (Wildman–Crippen MR) is 197 cm³/mol. The highest BCUT2D eigenvalue weighted by molar-refractivity contribution is 6.36. The van der Waals surface area contributed by atoms with Crippen LogP contribution in [0.25, 0.3) is 33.6 Å². The van der Waals surface area contributed by atoms with Crippen molar-refractivity contribution in [3.05, 3.63) is 81.6 Å². The van der Waals surface area contributed by atoms with Crippen LogP contribution >= 0.6 is 11.6 Å². The first-order valence-corrected chi connectivity index (χ1v) is 18.5. The molecule has 2 amide bonds. The van der Waals surface area contributed by atoms with Crippen LogP contribution in [0.3, 0.4) is 0 Å². The summed E-state index contributed by atoms with van der Waals surface area (Å²) in [4.78, 5) is 33.0. The first-order chi connectivity index (χ1) is 25.3. The Morgan fingerprint density at radius 3 is 1.69 bits per heavy atom. The van der Waals surface area contributed by atoms with Crippen molar-refractivity contribution in [3.8, 4) is 45.4 Å². The van der Waals surface area contributed by atoms with Gasteiger partial charge in [-0.2, -0.15) is 0 Å². The zero-order valence-corrected chi connectivity index (χ0v) is 30.0. The third-order valence-electron chi connectivity index (χ3n) is 10.9. The number of benzene rings is 2. The lowest BCUT2D eigenvalue weighted by atomic mass is 9.96. The highest BCUT2D eigenvalue weighted by Crippen LogP contribution is 2.44. The number of nitrogens with zero attached hydrogens (tertiary/aromatic N) is 2. The van der Waals surface area contributed by atoms with Crippen LogP contribution in [0.1, 0.15) is 72.9 Å². The molecule has 4 heterocycles. The molecule has 4 aliphatic rings. The van der Waals surface area contributed by atoms with Gasteiger partial charge in [0.25, 0.3) is 0 Å². The first kappa shape index (κ1) is 34.5. The number of ether oxygens (including phenoxy) is 2. The number of rotatable bonds is 11. The molecule has 2 aromatic heterocycles. The number of pyridine rings is 2. The maximum atomic E-state index is 16.6. The number of methoxy groups -OCH3 is 2. The molecule has 2 aliphatic heterocycles. The van der Waals surface area contributed by atoms with E-state index < -0.39 is 5.82 Å². The molecule has 4 N–H and O–H groups in total. The third kappa shape index (κ3) is 6.50. The van der Waals surface area contributed by atoms with Gasteiger partial charge in [-0.1, -0.05) is 41.9 Å². The molecule has 12 heteroatoms. The molecule has 2 fully saturated rings. The Morgan fingerprint density at radius 1 is 0.712 bits per heavy atom. The molecule has 0 radical (unpaired) electrons. The molecule has 4 atom stereocenters. The second-order valence-corrected chi connectivity index (χ2v) is 14.5. The van der Waals surface area contributed by atoms with Crippen molar-refractivity contribution < 1.29 is 23.5 Å². The van der Waals surface area contributed by atoms with Crippen LogP contribution in [0.5, 0.6) is 11.8 Å². The van der Waals surface area contributed by atoms with Crippen LogP contribution in [-0.2, 0) is 22.4 Å². The standard InChI is InChI=1S/C40H42ClFN6O4/c1-51-39-35-21(9-13-29(35)43-19-23-11-15-33(49)45-23)17-31(47-39)27-7-3-5-25(37(27)41)26-6-4-8-28(38(26)42)32-18-22-10-14-30(36(22)40(48-32)52-2)44-20-24-12-16-34(50)46-24/h3-8,17-18,23-24,29-30,43-44H,9-16,19-20H2,1-2H3,(H,45,49)(H,46,50)/t23-,24-,29-,30+/m0/s1. The molecule has 52 heavy (non-hydrogen) atoms. The summed E-state index contributed by atoms with van der Waals surface area (Å²) < 4.78 is 28.2. The molecule has 2 aromatic carbocycles. The van der Waals surface area contributed by atoms with Gasteiger partial charge < -0.3 is 30.7 Å². The van der Waals surface area contributed by atoms with Gasteiger partial charge in [-0.25, -0.2) is 14.4 Å². The maximum Gasteiger partial charge on any atom is 0.220 e. The highest BCUT2D eigenvalue weighted by atomic mass is 35.5. The number of hydrogen-bond acceptors (Lipinski definition) is 8. The van der Waals surface area contributed by atoms with Crippen molar-refractivity contribution in [1.82, 2.24) is 31.2 Å². The van der Waals surface area contributed by atoms with Gasteiger partial charge in [0, 0.05) is 83.5 Å². The molecule has 4 aromatic rings. The molecule has 2 saturated heterocycles. The molecule has 0 spiro atoms. The Morgan fingerprint density at radius 2 is 1.19 bits per heavy atom. The number of carbonyl (C=O) groups is 2. The molecular weight excluding hydrogens is 683 g/mol. The Labute approximate surface area is 307 Å². The fourth-order valence-corrected chi connectivity index (χ4v) is 8.64. The summed E-state index contributed by atoms with van der Waals surface area (Å²) in [5.41, 5.74) is 7.33. The molecule has 2 aliphatic carbocycles. The van der Waals surface area contributed by atoms with Crippen molar-refractivity contribution in [2.45, 2.75) is 75.5 Å². The normalized spacial score (nSPS) is 21.9. The van der Waals surface area contributed by atoms with E-state index in [2.05, 4.69) is 27.3 Å². The fourth-order valence-electron chi connectivity index (χ4n) is 8.31. The SMILES string of the molecule is COc1nc(-c2cccc(-c3cccc(-c4cc5c(c(OC)n4)[C@H](NC[C@@H]4CCC(=O)N4)CC5)c3F)c2Cl)cc2c1[C@@H](NC[C@@H]1CCC(=O)N1)CC2. The summed E-state index contributed by atoms with van der Waals surface area (Å²) in [6, 6.07) is 15.2. The van der Waals surface area contributed by atoms with Gasteiger partial charge in [0.05, 0.1) is 30.6 Å². The smallest absolute Gasteiger partial charge is 0.220 e. The monoisotopic (exact) mass is 724 g/mol. The topological polar surface area (TPSA) is 126 Å². The summed E-state index contributed by atoms with van der Waals surface area (Å²) in [7, 11) is 3.21. The number of aryl methyl sites for hydroxylation is 2. The van der Waals surface area contributed by atoms with Crippen LogP contribution in [0.2, 0.25) is 5.02 Å². The highest BCUT2D eigenvalue weighted by Gasteiger charge is 2.32. The van der Waals surface area contributed by atoms with E-state index in [1.807, 2.05) is 30.3 Å². The number of halogens is 2. The number of hydrogen-bond donors (Lipinski definition) is 4. The first-order valence-electron chi connectivity index (χ1n) is 18.1. The van der Waals surface area contributed by atoms with E-state index in [1.165, 1.54) is 0 Å². The van der Waals surface area contributed by atoms with E-state index in [0.717, 1.165) is 60.8 Å². The third-order valence-corrected chi connectivity index (χ3v) is 11.3. The summed E-state index contributed by atoms with van der Waals surface area (Å²) >= 11 is 7.12. The molecule has 10 nitrogen and oxygen atoms in total. The van der Waals surface area contributed by atoms with Gasteiger partial charge in [0.1, 0.15) is 5.82 Å². The summed E-state index contributed by atoms with van der Waals surface area (Å²) in [6.07, 6.45) is 6.18. The zero-order valence-electron chi connectivity index (χ0n) is 29.3. The number of aromatic nitrogens is 2. The van der Waals surface area contributed by atoms with Crippen LogP contribution in [0, 0.1) is 5.82 Å². The summed E-state index contributed by atoms with van der Waals surface area (Å²) in [6.45, 7) is 1.36. The molecule has 0 unspecified atom stereocenters. The Bertz CT molecular complexity index is 1910. The van der Waals surface area contributed by atoms with Crippen molar-refractivity contribution in [3.63, 3.8) is 0 Å². The fraction of sp³-hybridized carbons (Fsp3) is 0.400. The average Bonchev–Trinajstić information content (AvgIpc) is 3.96. The van der Waals surface area contributed by atoms with Gasteiger partial charge in [0.2, 0.25) is 23.6 Å². The van der Waals surface area contributed by atoms with Gasteiger partial charge in [-0.05, 0) is 67.9 Å². The summed E-state index contributed by atoms with van der Waals surface area (Å²) in [5, 5.41) is 13.6. The van der Waals surface area contributed by atoms with E-state index in [1.54, 1.807) is 26.4 Å². The minimum Gasteiger partial charge on any atom is -0.481 e. The molecule has 270 valence electrons. The van der Waals surface area contributed by atoms with E-state index in [0.29, 0.717) is 76.4 Å². The Hall–Kier alpha value is -4.58. The van der Waals surface area contributed by atoms with Crippen molar-refractivity contribution in [2.24, 2.45) is 0 Å². The van der Waals surface area contributed by atoms with Gasteiger partial charge in [0.15, 0.2) is 0 Å². The number of nitrogens with one attached hydrogen (secondary N) is 4. The minimum atomic E-state index is -0.424. The number of fused-ring (bicyclic) bond motifs is 2. The lowest BCUT2D eigenvalue weighted by Gasteiger charge is -2.20. The van der Waals surface area contributed by atoms with Gasteiger partial charge >= 0.3 is 0 Å². The molecule has 0 saturated carbocycles. The van der Waals surface area contributed by atoms with Crippen LogP contribution in [0.15, 0.2) is 48.5 Å². The number of amides is 2. The van der Waals surface area contributed by atoms with Crippen LogP contribution < -0.4 is 30.7 Å². The van der Waals surface area contributed by atoms with Gasteiger partial charge in [-0.15, -0.1) is 0 Å². The van der Waals surface area contributed by atoms with E-state index in [4.69, 9.17) is 31.0 Å². The minimum absolute atomic E-state index is 0.0384. The molecular formula is C40H42ClFN6O4. The summed E-state index contributed by atoms with van der Waals surface area (Å²) in [5.74, 6) is 0.779. The Balaban J connectivity index is 1.07. The second-order valence-electron chi connectivity index (χ2n) is 14.1. The average molecular weight is 725 g/mol. The van der Waals surface area contributed by atoms with Gasteiger partial charge in [-0.3, -0.25) is 9.59 Å². The Kier molecular flexibility index (Phi) is 9.58. The quantitative estimate of drug-likeness (QED) is 0.149. The maximum absolute atomic E-state index is 16.6.